The lowest BCUT2D eigenvalue weighted by Gasteiger charge is -2.19. The molecule has 0 fully saturated rings. The van der Waals surface area contributed by atoms with Gasteiger partial charge in [0.2, 0.25) is 0 Å². The molecular formula is C58H42. The SMILES string of the molecule is c1ccc(C(=C(c2ccccc2)c2cccc(-c3ccc(-c4cccc(C(=C(c5ccccc5)c5ccccc5)c5ccccc5)c4)cc3)c2)c2ccccc2)cc1. The first-order valence-electron chi connectivity index (χ1n) is 19.9. The van der Waals surface area contributed by atoms with Crippen LogP contribution in [0.2, 0.25) is 0 Å². The predicted molar refractivity (Wildman–Crippen MR) is 246 cm³/mol. The Balaban J connectivity index is 1.13. The van der Waals surface area contributed by atoms with E-state index < -0.39 is 0 Å². The summed E-state index contributed by atoms with van der Waals surface area (Å²) >= 11 is 0. The van der Waals surface area contributed by atoms with Crippen LogP contribution in [0, 0.1) is 0 Å². The van der Waals surface area contributed by atoms with Gasteiger partial charge in [-0.2, -0.15) is 0 Å². The van der Waals surface area contributed by atoms with Crippen LogP contribution in [0.15, 0.2) is 255 Å². The molecule has 0 atom stereocenters. The third kappa shape index (κ3) is 7.78. The molecule has 9 rings (SSSR count). The molecule has 0 amide bonds. The van der Waals surface area contributed by atoms with Crippen LogP contribution in [0.5, 0.6) is 0 Å². The second-order valence-corrected chi connectivity index (χ2v) is 14.4. The molecule has 0 nitrogen and oxygen atoms in total. The van der Waals surface area contributed by atoms with Gasteiger partial charge in [0.25, 0.3) is 0 Å². The molecular weight excluding hydrogens is 697 g/mol. The maximum Gasteiger partial charge on any atom is -0.00266 e. The highest BCUT2D eigenvalue weighted by molar-refractivity contribution is 6.06. The average Bonchev–Trinajstić information content (AvgIpc) is 3.32. The molecule has 0 unspecified atom stereocenters. The van der Waals surface area contributed by atoms with Gasteiger partial charge >= 0.3 is 0 Å². The van der Waals surface area contributed by atoms with E-state index in [1.54, 1.807) is 0 Å². The van der Waals surface area contributed by atoms with Crippen molar-refractivity contribution < 1.29 is 0 Å². The van der Waals surface area contributed by atoms with E-state index >= 15 is 0 Å². The molecule has 0 heteroatoms. The lowest BCUT2D eigenvalue weighted by atomic mass is 9.84. The normalized spacial score (nSPS) is 10.8. The monoisotopic (exact) mass is 738 g/mol. The van der Waals surface area contributed by atoms with E-state index in [4.69, 9.17) is 0 Å². The van der Waals surface area contributed by atoms with Crippen LogP contribution >= 0.6 is 0 Å². The van der Waals surface area contributed by atoms with Gasteiger partial charge in [-0.1, -0.05) is 243 Å². The van der Waals surface area contributed by atoms with Crippen LogP contribution in [0.25, 0.3) is 44.5 Å². The van der Waals surface area contributed by atoms with Crippen LogP contribution in [0.4, 0.5) is 0 Å². The van der Waals surface area contributed by atoms with Crippen molar-refractivity contribution in [2.45, 2.75) is 0 Å². The Morgan fingerprint density at radius 3 is 0.603 bits per heavy atom. The molecule has 0 aromatic heterocycles. The van der Waals surface area contributed by atoms with Gasteiger partial charge in [0.15, 0.2) is 0 Å². The van der Waals surface area contributed by atoms with E-state index in [0.29, 0.717) is 0 Å². The van der Waals surface area contributed by atoms with E-state index in [2.05, 4.69) is 255 Å². The van der Waals surface area contributed by atoms with Crippen molar-refractivity contribution in [3.8, 4) is 22.3 Å². The molecule has 0 aliphatic heterocycles. The topological polar surface area (TPSA) is 0 Å². The number of hydrogen-bond donors (Lipinski definition) is 0. The molecule has 0 spiro atoms. The van der Waals surface area contributed by atoms with Crippen molar-refractivity contribution in [2.75, 3.05) is 0 Å². The van der Waals surface area contributed by atoms with Crippen LogP contribution in [0.1, 0.15) is 44.5 Å². The van der Waals surface area contributed by atoms with Gasteiger partial charge in [-0.3, -0.25) is 0 Å². The summed E-state index contributed by atoms with van der Waals surface area (Å²) < 4.78 is 0. The van der Waals surface area contributed by atoms with Crippen molar-refractivity contribution in [3.63, 3.8) is 0 Å². The minimum atomic E-state index is 1.18. The molecule has 58 heavy (non-hydrogen) atoms. The standard InChI is InChI=1S/C58H42/c1-7-21-45(22-8-1)55(46-23-9-2-10-24-46)57(49-29-15-5-16-30-49)53-35-19-33-51(41-53)43-37-39-44(40-38-43)52-34-20-36-54(42-52)58(50-31-17-6-18-32-50)56(47-25-11-3-12-26-47)48-27-13-4-14-28-48/h1-42H. The first kappa shape index (κ1) is 36.1. The van der Waals surface area contributed by atoms with Crippen LogP contribution in [-0.4, -0.2) is 0 Å². The summed E-state index contributed by atoms with van der Waals surface area (Å²) in [5.74, 6) is 0. The first-order chi connectivity index (χ1) is 28.8. The van der Waals surface area contributed by atoms with Crippen molar-refractivity contribution in [1.29, 1.82) is 0 Å². The Morgan fingerprint density at radius 2 is 0.362 bits per heavy atom. The first-order valence-corrected chi connectivity index (χ1v) is 19.9. The van der Waals surface area contributed by atoms with Crippen molar-refractivity contribution in [2.24, 2.45) is 0 Å². The molecule has 0 radical (unpaired) electrons. The van der Waals surface area contributed by atoms with Crippen molar-refractivity contribution >= 4 is 22.3 Å². The minimum absolute atomic E-state index is 1.18. The van der Waals surface area contributed by atoms with E-state index in [1.165, 1.54) is 89.1 Å². The highest BCUT2D eigenvalue weighted by atomic mass is 14.2. The summed E-state index contributed by atoms with van der Waals surface area (Å²) in [6, 6.07) is 91.6. The van der Waals surface area contributed by atoms with Gasteiger partial charge in [-0.25, -0.2) is 0 Å². The fraction of sp³-hybridized carbons (Fsp3) is 0. The zero-order valence-corrected chi connectivity index (χ0v) is 32.2. The average molecular weight is 739 g/mol. The second-order valence-electron chi connectivity index (χ2n) is 14.4. The minimum Gasteiger partial charge on any atom is -0.0622 e. The number of rotatable bonds is 10. The van der Waals surface area contributed by atoms with Crippen LogP contribution < -0.4 is 0 Å². The molecule has 0 bridgehead atoms. The van der Waals surface area contributed by atoms with Crippen molar-refractivity contribution in [3.05, 3.63) is 299 Å². The maximum absolute atomic E-state index is 2.34. The van der Waals surface area contributed by atoms with E-state index in [0.717, 1.165) is 0 Å². The van der Waals surface area contributed by atoms with Gasteiger partial charge in [-0.15, -0.1) is 0 Å². The largest absolute Gasteiger partial charge is 0.0622 e. The lowest BCUT2D eigenvalue weighted by Crippen LogP contribution is -1.98. The van der Waals surface area contributed by atoms with E-state index in [1.807, 2.05) is 0 Å². The molecule has 0 aliphatic rings. The molecule has 9 aromatic rings. The van der Waals surface area contributed by atoms with Gasteiger partial charge in [-0.05, 0) is 101 Å². The molecule has 0 saturated heterocycles. The van der Waals surface area contributed by atoms with Crippen LogP contribution in [-0.2, 0) is 0 Å². The maximum atomic E-state index is 2.34. The molecule has 274 valence electrons. The molecule has 0 heterocycles. The zero-order valence-electron chi connectivity index (χ0n) is 32.2. The van der Waals surface area contributed by atoms with Gasteiger partial charge in [0.05, 0.1) is 0 Å². The quantitative estimate of drug-likeness (QED) is 0.123. The molecule has 0 aliphatic carbocycles. The Kier molecular flexibility index (Phi) is 10.6. The Labute approximate surface area is 342 Å². The highest BCUT2D eigenvalue weighted by Gasteiger charge is 2.18. The molecule has 9 aromatic carbocycles. The smallest absolute Gasteiger partial charge is 0.00266 e. The molecule has 0 saturated carbocycles. The predicted octanol–water partition coefficient (Wildman–Crippen LogP) is 15.0. The molecule has 0 N–H and O–H groups in total. The summed E-state index contributed by atoms with van der Waals surface area (Å²) in [6.45, 7) is 0. The summed E-state index contributed by atoms with van der Waals surface area (Å²) in [7, 11) is 0. The summed E-state index contributed by atoms with van der Waals surface area (Å²) in [5.41, 5.74) is 19.0. The summed E-state index contributed by atoms with van der Waals surface area (Å²) in [4.78, 5) is 0. The fourth-order valence-electron chi connectivity index (χ4n) is 8.01. The summed E-state index contributed by atoms with van der Waals surface area (Å²) in [5, 5.41) is 0. The van der Waals surface area contributed by atoms with Gasteiger partial charge in [0, 0.05) is 0 Å². The van der Waals surface area contributed by atoms with Crippen molar-refractivity contribution in [1.82, 2.24) is 0 Å². The van der Waals surface area contributed by atoms with Gasteiger partial charge in [0.1, 0.15) is 0 Å². The zero-order chi connectivity index (χ0) is 38.9. The van der Waals surface area contributed by atoms with E-state index in [9.17, 15) is 0 Å². The summed E-state index contributed by atoms with van der Waals surface area (Å²) in [6.07, 6.45) is 0. The fourth-order valence-corrected chi connectivity index (χ4v) is 8.01. The number of hydrogen-bond acceptors (Lipinski definition) is 0. The second kappa shape index (κ2) is 17.1. The van der Waals surface area contributed by atoms with Gasteiger partial charge < -0.3 is 0 Å². The number of benzene rings is 9. The Morgan fingerprint density at radius 1 is 0.155 bits per heavy atom. The Hall–Kier alpha value is -7.54. The highest BCUT2D eigenvalue weighted by Crippen LogP contribution is 2.40. The third-order valence-electron chi connectivity index (χ3n) is 10.7. The van der Waals surface area contributed by atoms with Crippen LogP contribution in [0.3, 0.4) is 0 Å². The lowest BCUT2D eigenvalue weighted by molar-refractivity contribution is 1.49. The Bertz CT molecular complexity index is 2520. The third-order valence-corrected chi connectivity index (χ3v) is 10.7. The van der Waals surface area contributed by atoms with E-state index in [-0.39, 0.29) is 0 Å².